The van der Waals surface area contributed by atoms with Gasteiger partial charge in [-0.15, -0.1) is 0 Å². The van der Waals surface area contributed by atoms with Crippen molar-refractivity contribution in [3.63, 3.8) is 0 Å². The number of hydrogen-bond donors (Lipinski definition) is 1. The molecule has 0 radical (unpaired) electrons. The van der Waals surface area contributed by atoms with E-state index in [4.69, 9.17) is 19.7 Å². The number of aryl methyl sites for hydroxylation is 6. The van der Waals surface area contributed by atoms with Crippen molar-refractivity contribution in [2.24, 2.45) is 0 Å². The number of benzene rings is 8. The second-order valence-corrected chi connectivity index (χ2v) is 17.3. The molecule has 3 aromatic heterocycles. The Hall–Kier alpha value is -8.23. The van der Waals surface area contributed by atoms with Gasteiger partial charge in [0.25, 0.3) is 0 Å². The van der Waals surface area contributed by atoms with Crippen LogP contribution < -0.4 is 15.0 Å². The minimum absolute atomic E-state index is 0.150. The number of rotatable bonds is 9. The van der Waals surface area contributed by atoms with Gasteiger partial charge in [-0.25, -0.2) is 0 Å². The first kappa shape index (κ1) is 39.6. The van der Waals surface area contributed by atoms with Crippen LogP contribution >= 0.6 is 0 Å². The number of nitrogens with zero attached hydrogens (tertiary/aromatic N) is 6. The second-order valence-electron chi connectivity index (χ2n) is 17.3. The van der Waals surface area contributed by atoms with Crippen molar-refractivity contribution in [1.29, 1.82) is 0 Å². The summed E-state index contributed by atoms with van der Waals surface area (Å²) in [5, 5.41) is 8.45. The Morgan fingerprint density at radius 1 is 0.415 bits per heavy atom. The molecule has 0 saturated carbocycles. The van der Waals surface area contributed by atoms with E-state index in [0.29, 0.717) is 17.6 Å². The van der Waals surface area contributed by atoms with Gasteiger partial charge in [-0.05, 0) is 145 Å². The van der Waals surface area contributed by atoms with Gasteiger partial charge in [-0.3, -0.25) is 4.90 Å². The van der Waals surface area contributed by atoms with Crippen molar-refractivity contribution in [3.8, 4) is 23.1 Å². The van der Waals surface area contributed by atoms with E-state index < -0.39 is 0 Å². The van der Waals surface area contributed by atoms with Crippen molar-refractivity contribution < 1.29 is 4.74 Å². The summed E-state index contributed by atoms with van der Waals surface area (Å²) in [5.41, 5.74) is 16.4. The van der Waals surface area contributed by atoms with Crippen LogP contribution in [-0.2, 0) is 0 Å². The number of fused-ring (bicyclic) bond motifs is 6. The summed E-state index contributed by atoms with van der Waals surface area (Å²) in [6.07, 6.45) is 0. The fraction of sp³-hybridized carbons (Fsp3) is 0.105. The zero-order chi connectivity index (χ0) is 44.3. The first-order valence-electron chi connectivity index (χ1n) is 22.0. The number of hydrogen-bond acceptors (Lipinski definition) is 6. The van der Waals surface area contributed by atoms with Gasteiger partial charge in [-0.1, -0.05) is 94.0 Å². The highest BCUT2D eigenvalue weighted by molar-refractivity contribution is 6.10. The monoisotopic (exact) mass is 845 g/mol. The maximum atomic E-state index is 6.71. The average Bonchev–Trinajstić information content (AvgIpc) is 3.78. The molecule has 0 aliphatic heterocycles. The number of aromatic nitrogens is 5. The molecular formula is C57H47N7O. The van der Waals surface area contributed by atoms with Crippen LogP contribution in [0.25, 0.3) is 55.0 Å². The van der Waals surface area contributed by atoms with Crippen LogP contribution in [0.5, 0.6) is 11.8 Å². The molecule has 8 aromatic carbocycles. The molecular weight excluding hydrogens is 799 g/mol. The third-order valence-corrected chi connectivity index (χ3v) is 12.2. The topological polar surface area (TPSA) is 73.0 Å². The third-order valence-electron chi connectivity index (χ3n) is 12.2. The predicted molar refractivity (Wildman–Crippen MR) is 268 cm³/mol. The van der Waals surface area contributed by atoms with Gasteiger partial charge in [0, 0.05) is 56.0 Å². The van der Waals surface area contributed by atoms with Crippen LogP contribution in [0, 0.1) is 41.5 Å². The fourth-order valence-corrected chi connectivity index (χ4v) is 9.02. The number of nitrogens with one attached hydrogen (secondary N) is 1. The summed E-state index contributed by atoms with van der Waals surface area (Å²) < 4.78 is 11.3. The van der Waals surface area contributed by atoms with E-state index in [2.05, 4.69) is 202 Å². The lowest BCUT2D eigenvalue weighted by Crippen LogP contribution is -2.15. The predicted octanol–water partition coefficient (Wildman–Crippen LogP) is 14.9. The first-order chi connectivity index (χ1) is 31.6. The van der Waals surface area contributed by atoms with E-state index in [1.165, 1.54) is 43.8 Å². The fourth-order valence-electron chi connectivity index (χ4n) is 9.02. The molecule has 11 rings (SSSR count). The lowest BCUT2D eigenvalue weighted by Gasteiger charge is -2.24. The molecule has 0 aliphatic carbocycles. The minimum Gasteiger partial charge on any atom is -0.424 e. The van der Waals surface area contributed by atoms with Gasteiger partial charge in [-0.2, -0.15) is 15.0 Å². The van der Waals surface area contributed by atoms with E-state index >= 15 is 0 Å². The van der Waals surface area contributed by atoms with Crippen molar-refractivity contribution in [1.82, 2.24) is 24.1 Å². The van der Waals surface area contributed by atoms with E-state index in [0.717, 1.165) is 61.6 Å². The van der Waals surface area contributed by atoms with E-state index in [-0.39, 0.29) is 6.01 Å². The van der Waals surface area contributed by atoms with Crippen molar-refractivity contribution in [2.75, 3.05) is 10.2 Å². The van der Waals surface area contributed by atoms with E-state index in [1.54, 1.807) is 0 Å². The minimum atomic E-state index is 0.150. The van der Waals surface area contributed by atoms with Crippen LogP contribution in [0.1, 0.15) is 33.4 Å². The van der Waals surface area contributed by atoms with E-state index in [1.807, 2.05) is 29.2 Å². The SMILES string of the molecule is Cc1ccc(N(c2ccc(C)cc2)c2nc(Nc3cccc(-n4c5ccc(C)cc5c5cc(C)ccc54)c3)nc(Oc3cccc(-n4c5ccc(C)cc5c5cc(C)ccc54)c3)n2)cc1. The Bertz CT molecular complexity index is 3270. The molecule has 65 heavy (non-hydrogen) atoms. The largest absolute Gasteiger partial charge is 0.424 e. The van der Waals surface area contributed by atoms with Crippen LogP contribution in [0.2, 0.25) is 0 Å². The average molecular weight is 846 g/mol. The van der Waals surface area contributed by atoms with Crippen molar-refractivity contribution in [3.05, 3.63) is 203 Å². The molecule has 0 amide bonds. The number of ether oxygens (including phenoxy) is 1. The Kier molecular flexibility index (Phi) is 9.65. The molecule has 0 aliphatic rings. The summed E-state index contributed by atoms with van der Waals surface area (Å²) in [4.78, 5) is 17.2. The summed E-state index contributed by atoms with van der Waals surface area (Å²) in [6, 6.07) is 60.0. The van der Waals surface area contributed by atoms with Gasteiger partial charge in [0.15, 0.2) is 0 Å². The maximum absolute atomic E-state index is 6.71. The van der Waals surface area contributed by atoms with Gasteiger partial charge >= 0.3 is 6.01 Å². The van der Waals surface area contributed by atoms with Crippen molar-refractivity contribution >= 4 is 72.6 Å². The zero-order valence-electron chi connectivity index (χ0n) is 37.3. The van der Waals surface area contributed by atoms with Crippen LogP contribution in [0.3, 0.4) is 0 Å². The second kappa shape index (κ2) is 15.8. The van der Waals surface area contributed by atoms with Gasteiger partial charge < -0.3 is 19.2 Å². The lowest BCUT2D eigenvalue weighted by atomic mass is 10.1. The van der Waals surface area contributed by atoms with E-state index in [9.17, 15) is 0 Å². The first-order valence-corrected chi connectivity index (χ1v) is 22.0. The highest BCUT2D eigenvalue weighted by Gasteiger charge is 2.21. The molecule has 11 aromatic rings. The summed E-state index contributed by atoms with van der Waals surface area (Å²) >= 11 is 0. The molecule has 316 valence electrons. The Labute approximate surface area is 378 Å². The van der Waals surface area contributed by atoms with Gasteiger partial charge in [0.2, 0.25) is 11.9 Å². The maximum Gasteiger partial charge on any atom is 0.328 e. The van der Waals surface area contributed by atoms with Crippen LogP contribution in [0.15, 0.2) is 170 Å². The Morgan fingerprint density at radius 2 is 0.846 bits per heavy atom. The molecule has 0 spiro atoms. The Morgan fingerprint density at radius 3 is 1.32 bits per heavy atom. The highest BCUT2D eigenvalue weighted by Crippen LogP contribution is 2.38. The number of anilines is 5. The van der Waals surface area contributed by atoms with Crippen LogP contribution in [-0.4, -0.2) is 24.1 Å². The van der Waals surface area contributed by atoms with Crippen molar-refractivity contribution in [2.45, 2.75) is 41.5 Å². The molecule has 8 heteroatoms. The third kappa shape index (κ3) is 7.38. The zero-order valence-corrected chi connectivity index (χ0v) is 37.3. The summed E-state index contributed by atoms with van der Waals surface area (Å²) in [7, 11) is 0. The van der Waals surface area contributed by atoms with Crippen LogP contribution in [0.4, 0.5) is 29.0 Å². The summed E-state index contributed by atoms with van der Waals surface area (Å²) in [6.45, 7) is 12.7. The van der Waals surface area contributed by atoms with Gasteiger partial charge in [0.1, 0.15) is 5.75 Å². The summed E-state index contributed by atoms with van der Waals surface area (Å²) in [5.74, 6) is 1.33. The quantitative estimate of drug-likeness (QED) is 0.156. The molecule has 0 saturated heterocycles. The standard InChI is InChI=1S/C57H47N7O/c1-35-13-21-42(22-14-35)62(43-23-15-36(2)16-24-43)56-59-55(58-41-9-7-10-44(33-41)63-51-25-17-37(3)29-47(51)48-30-38(4)18-26-52(48)63)60-57(61-56)65-46-12-8-11-45(34-46)64-53-27-19-39(5)31-49(53)50-32-40(6)20-28-54(50)64/h7-34H,1-6H3,(H,58,59,60,61). The smallest absolute Gasteiger partial charge is 0.328 e. The molecule has 0 bridgehead atoms. The highest BCUT2D eigenvalue weighted by atomic mass is 16.5. The molecule has 3 heterocycles. The van der Waals surface area contributed by atoms with Gasteiger partial charge in [0.05, 0.1) is 22.1 Å². The lowest BCUT2D eigenvalue weighted by molar-refractivity contribution is 0.441. The molecule has 0 unspecified atom stereocenters. The molecule has 1 N–H and O–H groups in total. The normalized spacial score (nSPS) is 11.5. The molecule has 0 atom stereocenters. The Balaban J connectivity index is 1.03. The molecule has 8 nitrogen and oxygen atoms in total. The molecule has 0 fully saturated rings.